The van der Waals surface area contributed by atoms with Gasteiger partial charge in [-0.2, -0.15) is 0 Å². The molecule has 0 amide bonds. The quantitative estimate of drug-likeness (QED) is 0.804. The zero-order valence-electron chi connectivity index (χ0n) is 11.9. The summed E-state index contributed by atoms with van der Waals surface area (Å²) in [4.78, 5) is 0. The molecule has 3 aromatic rings. The number of aryl methyl sites for hydroxylation is 1. The first-order chi connectivity index (χ1) is 10.6. The maximum atomic E-state index is 13.4. The first kappa shape index (κ1) is 14.7. The summed E-state index contributed by atoms with van der Waals surface area (Å²) >= 11 is 5.87. The van der Waals surface area contributed by atoms with Crippen molar-refractivity contribution in [1.29, 1.82) is 0 Å². The van der Waals surface area contributed by atoms with E-state index in [0.29, 0.717) is 11.4 Å². The number of hydrogen-bond donors (Lipinski definition) is 1. The number of hydrogen-bond acceptors (Lipinski definition) is 3. The average molecular weight is 317 g/mol. The summed E-state index contributed by atoms with van der Waals surface area (Å²) in [5.41, 5.74) is 9.93. The van der Waals surface area contributed by atoms with Crippen LogP contribution in [-0.4, -0.2) is 15.0 Å². The molecular weight excluding hydrogens is 303 g/mol. The van der Waals surface area contributed by atoms with E-state index in [9.17, 15) is 4.39 Å². The lowest BCUT2D eigenvalue weighted by Gasteiger charge is -2.09. The smallest absolute Gasteiger partial charge is 0.141 e. The molecule has 0 bridgehead atoms. The van der Waals surface area contributed by atoms with Crippen LogP contribution in [0.5, 0.6) is 0 Å². The molecule has 112 valence electrons. The second kappa shape index (κ2) is 5.87. The topological polar surface area (TPSA) is 56.7 Å². The second-order valence-electron chi connectivity index (χ2n) is 4.97. The fourth-order valence-corrected chi connectivity index (χ4v) is 2.50. The summed E-state index contributed by atoms with van der Waals surface area (Å²) in [5.74, 6) is -0.471. The van der Waals surface area contributed by atoms with Crippen LogP contribution < -0.4 is 5.73 Å². The normalized spacial score (nSPS) is 10.9. The fourth-order valence-electron chi connectivity index (χ4n) is 2.33. The largest absolute Gasteiger partial charge is 0.325 e. The van der Waals surface area contributed by atoms with Crippen LogP contribution in [-0.2, 0) is 6.54 Å². The zero-order valence-corrected chi connectivity index (χ0v) is 12.7. The molecule has 0 saturated heterocycles. The Hall–Kier alpha value is -2.24. The van der Waals surface area contributed by atoms with E-state index in [1.807, 2.05) is 31.2 Å². The minimum absolute atomic E-state index is 0.0393. The summed E-state index contributed by atoms with van der Waals surface area (Å²) < 4.78 is 15.0. The van der Waals surface area contributed by atoms with Gasteiger partial charge >= 0.3 is 0 Å². The maximum absolute atomic E-state index is 13.4. The lowest BCUT2D eigenvalue weighted by atomic mass is 10.1. The van der Waals surface area contributed by atoms with E-state index in [-0.39, 0.29) is 11.6 Å². The van der Waals surface area contributed by atoms with Crippen molar-refractivity contribution in [2.75, 3.05) is 0 Å². The molecule has 0 spiro atoms. The van der Waals surface area contributed by atoms with Crippen molar-refractivity contribution in [3.8, 4) is 16.9 Å². The van der Waals surface area contributed by atoms with E-state index >= 15 is 0 Å². The highest BCUT2D eigenvalue weighted by Gasteiger charge is 2.16. The standard InChI is InChI=1S/C16H14ClFN4/c1-10-3-2-4-11(7-10)16-15(9-19)20-21-22(16)12-5-6-14(18)13(17)8-12/h2-8H,9,19H2,1H3. The Morgan fingerprint density at radius 3 is 2.73 bits per heavy atom. The van der Waals surface area contributed by atoms with Gasteiger partial charge in [0.05, 0.1) is 16.4 Å². The first-order valence-corrected chi connectivity index (χ1v) is 7.15. The number of rotatable bonds is 3. The predicted molar refractivity (Wildman–Crippen MR) is 84.4 cm³/mol. The van der Waals surface area contributed by atoms with E-state index in [0.717, 1.165) is 16.8 Å². The van der Waals surface area contributed by atoms with Gasteiger partial charge in [-0.05, 0) is 31.2 Å². The van der Waals surface area contributed by atoms with Crippen LogP contribution in [0.4, 0.5) is 4.39 Å². The predicted octanol–water partition coefficient (Wildman–Crippen LogP) is 3.49. The van der Waals surface area contributed by atoms with Crippen molar-refractivity contribution in [3.63, 3.8) is 0 Å². The third kappa shape index (κ3) is 2.61. The molecule has 3 rings (SSSR count). The molecule has 0 saturated carbocycles. The van der Waals surface area contributed by atoms with Gasteiger partial charge in [-0.25, -0.2) is 9.07 Å². The fraction of sp³-hybridized carbons (Fsp3) is 0.125. The molecule has 2 aromatic carbocycles. The van der Waals surface area contributed by atoms with Crippen LogP contribution in [0, 0.1) is 12.7 Å². The lowest BCUT2D eigenvalue weighted by molar-refractivity contribution is 0.627. The van der Waals surface area contributed by atoms with Crippen molar-refractivity contribution < 1.29 is 4.39 Å². The number of benzene rings is 2. The molecule has 2 N–H and O–H groups in total. The summed E-state index contributed by atoms with van der Waals surface area (Å²) in [6.45, 7) is 2.27. The highest BCUT2D eigenvalue weighted by Crippen LogP contribution is 2.27. The van der Waals surface area contributed by atoms with Gasteiger partial charge in [0.15, 0.2) is 0 Å². The van der Waals surface area contributed by atoms with Gasteiger partial charge in [-0.15, -0.1) is 5.10 Å². The summed E-state index contributed by atoms with van der Waals surface area (Å²) in [6.07, 6.45) is 0. The minimum Gasteiger partial charge on any atom is -0.325 e. The maximum Gasteiger partial charge on any atom is 0.141 e. The van der Waals surface area contributed by atoms with Crippen molar-refractivity contribution in [1.82, 2.24) is 15.0 Å². The van der Waals surface area contributed by atoms with Gasteiger partial charge in [-0.1, -0.05) is 40.6 Å². The summed E-state index contributed by atoms with van der Waals surface area (Å²) in [6, 6.07) is 12.4. The third-order valence-electron chi connectivity index (χ3n) is 3.37. The zero-order chi connectivity index (χ0) is 15.7. The van der Waals surface area contributed by atoms with E-state index in [2.05, 4.69) is 10.3 Å². The Kier molecular flexibility index (Phi) is 3.92. The van der Waals surface area contributed by atoms with Gasteiger partial charge in [0.25, 0.3) is 0 Å². The van der Waals surface area contributed by atoms with Gasteiger partial charge < -0.3 is 5.73 Å². The van der Waals surface area contributed by atoms with Gasteiger partial charge in [0.1, 0.15) is 11.5 Å². The van der Waals surface area contributed by atoms with Gasteiger partial charge in [-0.3, -0.25) is 0 Å². The van der Waals surface area contributed by atoms with Crippen LogP contribution in [0.2, 0.25) is 5.02 Å². The highest BCUT2D eigenvalue weighted by atomic mass is 35.5. The van der Waals surface area contributed by atoms with E-state index < -0.39 is 5.82 Å². The number of nitrogens with zero attached hydrogens (tertiary/aromatic N) is 3. The Balaban J connectivity index is 2.21. The van der Waals surface area contributed by atoms with Crippen LogP contribution in [0.15, 0.2) is 42.5 Å². The molecule has 4 nitrogen and oxygen atoms in total. The second-order valence-corrected chi connectivity index (χ2v) is 5.38. The van der Waals surface area contributed by atoms with Gasteiger partial charge in [0, 0.05) is 12.1 Å². The molecule has 22 heavy (non-hydrogen) atoms. The molecule has 1 aromatic heterocycles. The lowest BCUT2D eigenvalue weighted by Crippen LogP contribution is -2.03. The minimum atomic E-state index is -0.471. The molecular formula is C16H14ClFN4. The van der Waals surface area contributed by atoms with Gasteiger partial charge in [0.2, 0.25) is 0 Å². The van der Waals surface area contributed by atoms with Crippen LogP contribution >= 0.6 is 11.6 Å². The molecule has 1 heterocycles. The number of halogens is 2. The molecule has 6 heteroatoms. The van der Waals surface area contributed by atoms with Crippen molar-refractivity contribution in [3.05, 3.63) is 64.6 Å². The monoisotopic (exact) mass is 316 g/mol. The Morgan fingerprint density at radius 2 is 2.05 bits per heavy atom. The van der Waals surface area contributed by atoms with E-state index in [1.165, 1.54) is 12.1 Å². The summed E-state index contributed by atoms with van der Waals surface area (Å²) in [5, 5.41) is 8.30. The average Bonchev–Trinajstić information content (AvgIpc) is 2.94. The molecule has 0 unspecified atom stereocenters. The van der Waals surface area contributed by atoms with Crippen LogP contribution in [0.3, 0.4) is 0 Å². The first-order valence-electron chi connectivity index (χ1n) is 6.77. The molecule has 0 aliphatic heterocycles. The molecule has 0 aliphatic rings. The van der Waals surface area contributed by atoms with Crippen molar-refractivity contribution in [2.24, 2.45) is 5.73 Å². The van der Waals surface area contributed by atoms with Crippen molar-refractivity contribution in [2.45, 2.75) is 13.5 Å². The van der Waals surface area contributed by atoms with E-state index in [4.69, 9.17) is 17.3 Å². The van der Waals surface area contributed by atoms with Crippen molar-refractivity contribution >= 4 is 11.6 Å². The third-order valence-corrected chi connectivity index (χ3v) is 3.66. The Bertz CT molecular complexity index is 829. The highest BCUT2D eigenvalue weighted by molar-refractivity contribution is 6.30. The van der Waals surface area contributed by atoms with E-state index in [1.54, 1.807) is 10.7 Å². The number of nitrogens with two attached hydrogens (primary N) is 1. The molecule has 0 fully saturated rings. The summed E-state index contributed by atoms with van der Waals surface area (Å²) in [7, 11) is 0. The molecule has 0 atom stereocenters. The number of aromatic nitrogens is 3. The van der Waals surface area contributed by atoms with Crippen LogP contribution in [0.1, 0.15) is 11.3 Å². The SMILES string of the molecule is Cc1cccc(-c2c(CN)nnn2-c2ccc(F)c(Cl)c2)c1. The Labute approximate surface area is 132 Å². The molecule has 0 aliphatic carbocycles. The van der Waals surface area contributed by atoms with Crippen LogP contribution in [0.25, 0.3) is 16.9 Å². The Morgan fingerprint density at radius 1 is 1.23 bits per heavy atom. The molecule has 0 radical (unpaired) electrons.